The molecule has 0 radical (unpaired) electrons. The number of carbonyl (C=O) groups is 1. The van der Waals surface area contributed by atoms with Gasteiger partial charge in [0.25, 0.3) is 5.91 Å². The lowest BCUT2D eigenvalue weighted by Crippen LogP contribution is -2.45. The number of nitrogens with one attached hydrogen (secondary N) is 1. The van der Waals surface area contributed by atoms with E-state index in [-0.39, 0.29) is 29.7 Å². The molecule has 8 nitrogen and oxygen atoms in total. The van der Waals surface area contributed by atoms with Gasteiger partial charge >= 0.3 is 0 Å². The summed E-state index contributed by atoms with van der Waals surface area (Å²) in [6.07, 6.45) is -1.14. The number of aliphatic hydroxyl groups excluding tert-OH is 1. The molecule has 0 saturated carbocycles. The first-order valence-electron chi connectivity index (χ1n) is 10.6. The zero-order chi connectivity index (χ0) is 23.3. The SMILES string of the molecule is CC(C)[C@H](NC(=O)COc1cccc(-c2ccccc2)n1)C(O)c1nnc(C(C)(C)C)o1. The summed E-state index contributed by atoms with van der Waals surface area (Å²) in [6, 6.07) is 14.5. The summed E-state index contributed by atoms with van der Waals surface area (Å²) in [5, 5.41) is 21.6. The number of aromatic nitrogens is 3. The molecule has 1 aromatic carbocycles. The van der Waals surface area contributed by atoms with Crippen molar-refractivity contribution in [3.8, 4) is 17.1 Å². The Balaban J connectivity index is 1.63. The highest BCUT2D eigenvalue weighted by Crippen LogP contribution is 2.26. The Morgan fingerprint density at radius 1 is 1.09 bits per heavy atom. The highest BCUT2D eigenvalue weighted by Gasteiger charge is 2.32. The minimum atomic E-state index is -1.14. The summed E-state index contributed by atoms with van der Waals surface area (Å²) in [7, 11) is 0. The molecule has 1 unspecified atom stereocenters. The molecule has 2 heterocycles. The Hall–Kier alpha value is -3.26. The molecular weight excluding hydrogens is 408 g/mol. The van der Waals surface area contributed by atoms with Gasteiger partial charge in [-0.25, -0.2) is 4.98 Å². The Bertz CT molecular complexity index is 1030. The molecule has 8 heteroatoms. The second kappa shape index (κ2) is 9.91. The molecule has 0 saturated heterocycles. The van der Waals surface area contributed by atoms with Gasteiger partial charge in [-0.2, -0.15) is 0 Å². The maximum atomic E-state index is 12.5. The van der Waals surface area contributed by atoms with Crippen molar-refractivity contribution >= 4 is 5.91 Å². The van der Waals surface area contributed by atoms with Crippen LogP contribution in [0.3, 0.4) is 0 Å². The van der Waals surface area contributed by atoms with Gasteiger partial charge in [-0.1, -0.05) is 71.0 Å². The predicted octanol–water partition coefficient (Wildman–Crippen LogP) is 3.68. The minimum absolute atomic E-state index is 0.0760. The van der Waals surface area contributed by atoms with Crippen LogP contribution in [0.15, 0.2) is 52.9 Å². The maximum absolute atomic E-state index is 12.5. The molecule has 2 N–H and O–H groups in total. The molecule has 0 aliphatic rings. The zero-order valence-corrected chi connectivity index (χ0v) is 19.1. The Morgan fingerprint density at radius 2 is 1.81 bits per heavy atom. The number of hydrogen-bond acceptors (Lipinski definition) is 7. The maximum Gasteiger partial charge on any atom is 0.258 e. The fraction of sp³-hybridized carbons (Fsp3) is 0.417. The van der Waals surface area contributed by atoms with Crippen molar-refractivity contribution in [3.05, 3.63) is 60.3 Å². The molecule has 2 atom stereocenters. The van der Waals surface area contributed by atoms with E-state index < -0.39 is 12.1 Å². The summed E-state index contributed by atoms with van der Waals surface area (Å²) in [5.41, 5.74) is 1.38. The molecule has 170 valence electrons. The number of carbonyl (C=O) groups excluding carboxylic acids is 1. The van der Waals surface area contributed by atoms with Crippen LogP contribution < -0.4 is 10.1 Å². The van der Waals surface area contributed by atoms with Crippen LogP contribution in [0.2, 0.25) is 0 Å². The van der Waals surface area contributed by atoms with E-state index in [4.69, 9.17) is 9.15 Å². The Kier molecular flexibility index (Phi) is 7.25. The van der Waals surface area contributed by atoms with Crippen molar-refractivity contribution in [1.82, 2.24) is 20.5 Å². The molecule has 2 aromatic heterocycles. The lowest BCUT2D eigenvalue weighted by molar-refractivity contribution is -0.125. The fourth-order valence-electron chi connectivity index (χ4n) is 3.05. The average Bonchev–Trinajstić information content (AvgIpc) is 3.27. The second-order valence-electron chi connectivity index (χ2n) is 8.99. The molecule has 0 fully saturated rings. The van der Waals surface area contributed by atoms with Crippen molar-refractivity contribution in [3.63, 3.8) is 0 Å². The predicted molar refractivity (Wildman–Crippen MR) is 120 cm³/mol. The van der Waals surface area contributed by atoms with Crippen molar-refractivity contribution in [1.29, 1.82) is 0 Å². The van der Waals surface area contributed by atoms with E-state index in [2.05, 4.69) is 20.5 Å². The lowest BCUT2D eigenvalue weighted by atomic mass is 9.97. The molecule has 32 heavy (non-hydrogen) atoms. The van der Waals surface area contributed by atoms with Gasteiger partial charge < -0.3 is 19.6 Å². The number of aliphatic hydroxyl groups is 1. The van der Waals surface area contributed by atoms with Crippen LogP contribution in [0.1, 0.15) is 52.5 Å². The first kappa shape index (κ1) is 23.4. The normalized spacial score (nSPS) is 13.6. The Labute approximate surface area is 188 Å². The lowest BCUT2D eigenvalue weighted by Gasteiger charge is -2.25. The van der Waals surface area contributed by atoms with Gasteiger partial charge in [0.15, 0.2) is 12.7 Å². The van der Waals surface area contributed by atoms with E-state index in [0.29, 0.717) is 11.8 Å². The second-order valence-corrected chi connectivity index (χ2v) is 8.99. The topological polar surface area (TPSA) is 110 Å². The summed E-state index contributed by atoms with van der Waals surface area (Å²) in [6.45, 7) is 9.36. The van der Waals surface area contributed by atoms with Gasteiger partial charge in [-0.05, 0) is 12.0 Å². The number of benzene rings is 1. The minimum Gasteiger partial charge on any atom is -0.468 e. The van der Waals surface area contributed by atoms with Gasteiger partial charge in [0.2, 0.25) is 17.7 Å². The van der Waals surface area contributed by atoms with Gasteiger partial charge in [0.1, 0.15) is 0 Å². The molecule has 0 aliphatic heterocycles. The Morgan fingerprint density at radius 3 is 2.44 bits per heavy atom. The highest BCUT2D eigenvalue weighted by molar-refractivity contribution is 5.78. The highest BCUT2D eigenvalue weighted by atomic mass is 16.5. The number of ether oxygens (including phenoxy) is 1. The van der Waals surface area contributed by atoms with E-state index in [9.17, 15) is 9.90 Å². The molecule has 1 amide bonds. The molecule has 0 spiro atoms. The van der Waals surface area contributed by atoms with Crippen LogP contribution in [0.5, 0.6) is 5.88 Å². The third kappa shape index (κ3) is 5.91. The van der Waals surface area contributed by atoms with E-state index in [1.54, 1.807) is 6.07 Å². The van der Waals surface area contributed by atoms with E-state index in [1.807, 2.05) is 77.1 Å². The van der Waals surface area contributed by atoms with Crippen LogP contribution >= 0.6 is 0 Å². The quantitative estimate of drug-likeness (QED) is 0.552. The monoisotopic (exact) mass is 438 g/mol. The van der Waals surface area contributed by atoms with Gasteiger partial charge in [0, 0.05) is 17.0 Å². The van der Waals surface area contributed by atoms with Gasteiger partial charge in [0.05, 0.1) is 11.7 Å². The molecule has 0 aliphatic carbocycles. The van der Waals surface area contributed by atoms with Crippen LogP contribution in [-0.4, -0.2) is 38.8 Å². The van der Waals surface area contributed by atoms with Crippen molar-refractivity contribution < 1.29 is 19.1 Å². The van der Waals surface area contributed by atoms with E-state index in [0.717, 1.165) is 11.3 Å². The fourth-order valence-corrected chi connectivity index (χ4v) is 3.05. The summed E-state index contributed by atoms with van der Waals surface area (Å²) in [5.74, 6) is 0.374. The average molecular weight is 439 g/mol. The van der Waals surface area contributed by atoms with Gasteiger partial charge in [-0.15, -0.1) is 10.2 Å². The molecule has 0 bridgehead atoms. The molecular formula is C24H30N4O4. The first-order valence-corrected chi connectivity index (χ1v) is 10.6. The summed E-state index contributed by atoms with van der Waals surface area (Å²) in [4.78, 5) is 17.0. The van der Waals surface area contributed by atoms with Crippen molar-refractivity contribution in [2.45, 2.75) is 52.2 Å². The number of pyridine rings is 1. The standard InChI is InChI=1S/C24H30N4O4/c1-15(2)20(21(30)22-27-28-23(32-22)24(3,4)5)26-18(29)14-31-19-13-9-12-17(25-19)16-10-7-6-8-11-16/h6-13,15,20-21,30H,14H2,1-5H3,(H,26,29)/t20-,21?/m0/s1. The zero-order valence-electron chi connectivity index (χ0n) is 19.1. The van der Waals surface area contributed by atoms with Crippen LogP contribution in [0.25, 0.3) is 11.3 Å². The van der Waals surface area contributed by atoms with Crippen molar-refractivity contribution in [2.24, 2.45) is 5.92 Å². The van der Waals surface area contributed by atoms with Crippen LogP contribution in [-0.2, 0) is 10.2 Å². The summed E-state index contributed by atoms with van der Waals surface area (Å²) >= 11 is 0. The largest absolute Gasteiger partial charge is 0.468 e. The summed E-state index contributed by atoms with van der Waals surface area (Å²) < 4.78 is 11.2. The van der Waals surface area contributed by atoms with Gasteiger partial charge in [-0.3, -0.25) is 4.79 Å². The van der Waals surface area contributed by atoms with Crippen molar-refractivity contribution in [2.75, 3.05) is 6.61 Å². The molecule has 3 rings (SSSR count). The first-order chi connectivity index (χ1) is 15.1. The molecule has 3 aromatic rings. The number of nitrogens with zero attached hydrogens (tertiary/aromatic N) is 3. The number of rotatable bonds is 8. The third-order valence-corrected chi connectivity index (χ3v) is 4.87. The number of amides is 1. The van der Waals surface area contributed by atoms with Crippen LogP contribution in [0, 0.1) is 5.92 Å². The smallest absolute Gasteiger partial charge is 0.258 e. The van der Waals surface area contributed by atoms with Crippen LogP contribution in [0.4, 0.5) is 0 Å². The van der Waals surface area contributed by atoms with E-state index >= 15 is 0 Å². The third-order valence-electron chi connectivity index (χ3n) is 4.87. The van der Waals surface area contributed by atoms with E-state index in [1.165, 1.54) is 0 Å². The number of hydrogen-bond donors (Lipinski definition) is 2.